The third-order valence-electron chi connectivity index (χ3n) is 4.67. The highest BCUT2D eigenvalue weighted by atomic mass is 16.5. The minimum atomic E-state index is -0.167. The summed E-state index contributed by atoms with van der Waals surface area (Å²) in [6.07, 6.45) is 4.15. The van der Waals surface area contributed by atoms with E-state index < -0.39 is 0 Å². The van der Waals surface area contributed by atoms with Gasteiger partial charge in [0.25, 0.3) is 0 Å². The molecule has 0 spiro atoms. The van der Waals surface area contributed by atoms with Crippen LogP contribution in [0.2, 0.25) is 0 Å². The first-order chi connectivity index (χ1) is 13.2. The Labute approximate surface area is 159 Å². The molecule has 2 amide bonds. The minimum Gasteiger partial charge on any atom is -0.384 e. The number of pyridine rings is 1. The summed E-state index contributed by atoms with van der Waals surface area (Å²) in [4.78, 5) is 23.4. The summed E-state index contributed by atoms with van der Waals surface area (Å²) in [5.41, 5.74) is 1.96. The number of methoxy groups -OCH3 is 1. The van der Waals surface area contributed by atoms with Crippen LogP contribution in [0.4, 0.5) is 4.79 Å². The number of urea groups is 1. The predicted octanol–water partition coefficient (Wildman–Crippen LogP) is 2.44. The van der Waals surface area contributed by atoms with Gasteiger partial charge in [0.15, 0.2) is 5.82 Å². The number of carbonyl (C=O) groups excluding carboxylic acids is 1. The maximum Gasteiger partial charge on any atom is 0.318 e. The third kappa shape index (κ3) is 5.26. The van der Waals surface area contributed by atoms with Crippen molar-refractivity contribution < 1.29 is 14.1 Å². The normalized spacial score (nSPS) is 17.1. The number of carbonyl (C=O) groups is 1. The van der Waals surface area contributed by atoms with Gasteiger partial charge in [-0.15, -0.1) is 0 Å². The molecule has 146 valence electrons. The van der Waals surface area contributed by atoms with E-state index in [-0.39, 0.29) is 12.1 Å². The Morgan fingerprint density at radius 3 is 3.04 bits per heavy atom. The molecule has 1 aliphatic heterocycles. The van der Waals surface area contributed by atoms with Gasteiger partial charge in [0.05, 0.1) is 6.61 Å². The Balaban J connectivity index is 1.57. The van der Waals surface area contributed by atoms with E-state index >= 15 is 0 Å². The van der Waals surface area contributed by atoms with E-state index in [1.54, 1.807) is 12.0 Å². The number of nitrogens with one attached hydrogen (secondary N) is 1. The van der Waals surface area contributed by atoms with Crippen LogP contribution >= 0.6 is 0 Å². The van der Waals surface area contributed by atoms with Crippen molar-refractivity contribution in [1.29, 1.82) is 0 Å². The molecule has 3 rings (SSSR count). The van der Waals surface area contributed by atoms with Gasteiger partial charge >= 0.3 is 6.03 Å². The lowest BCUT2D eigenvalue weighted by molar-refractivity contribution is 0.132. The molecule has 8 heteroatoms. The number of piperidine rings is 1. The van der Waals surface area contributed by atoms with Crippen molar-refractivity contribution in [2.24, 2.45) is 0 Å². The van der Waals surface area contributed by atoms with E-state index in [0.717, 1.165) is 30.7 Å². The second-order valence-corrected chi connectivity index (χ2v) is 6.75. The first kappa shape index (κ1) is 19.3. The second-order valence-electron chi connectivity index (χ2n) is 6.75. The lowest BCUT2D eigenvalue weighted by Crippen LogP contribution is -2.45. The van der Waals surface area contributed by atoms with Crippen molar-refractivity contribution in [2.75, 3.05) is 26.8 Å². The smallest absolute Gasteiger partial charge is 0.318 e. The van der Waals surface area contributed by atoms with Gasteiger partial charge in [-0.3, -0.25) is 4.98 Å². The molecule has 3 heterocycles. The topological polar surface area (TPSA) is 93.4 Å². The zero-order chi connectivity index (χ0) is 19.1. The number of aromatic nitrogens is 3. The van der Waals surface area contributed by atoms with Crippen LogP contribution in [-0.2, 0) is 17.6 Å². The molecule has 1 atom stereocenters. The van der Waals surface area contributed by atoms with Crippen LogP contribution in [0, 0.1) is 6.92 Å². The molecule has 2 aromatic rings. The summed E-state index contributed by atoms with van der Waals surface area (Å²) in [6.45, 7) is 3.74. The molecule has 1 aliphatic rings. The SMILES string of the molecule is COCCc1noc(C2CCCCN2C(=O)NCCc2cccc(C)n2)n1. The van der Waals surface area contributed by atoms with Crippen molar-refractivity contribution >= 4 is 6.03 Å². The molecule has 0 radical (unpaired) electrons. The van der Waals surface area contributed by atoms with Crippen molar-refractivity contribution in [3.05, 3.63) is 41.3 Å². The maximum atomic E-state index is 12.7. The monoisotopic (exact) mass is 373 g/mol. The van der Waals surface area contributed by atoms with Crippen molar-refractivity contribution in [1.82, 2.24) is 25.3 Å². The number of aryl methyl sites for hydroxylation is 1. The number of rotatable bonds is 7. The summed E-state index contributed by atoms with van der Waals surface area (Å²) < 4.78 is 10.5. The van der Waals surface area contributed by atoms with Crippen molar-refractivity contribution in [3.63, 3.8) is 0 Å². The minimum absolute atomic E-state index is 0.0935. The first-order valence-electron chi connectivity index (χ1n) is 9.46. The highest BCUT2D eigenvalue weighted by molar-refractivity contribution is 5.74. The molecule has 27 heavy (non-hydrogen) atoms. The second kappa shape index (κ2) is 9.45. The molecule has 2 aromatic heterocycles. The summed E-state index contributed by atoms with van der Waals surface area (Å²) in [7, 11) is 1.64. The Hall–Kier alpha value is -2.48. The Morgan fingerprint density at radius 2 is 2.22 bits per heavy atom. The standard InChI is InChI=1S/C19H27N5O3/c1-14-6-5-7-15(21-14)9-11-20-19(25)24-12-4-3-8-16(24)18-22-17(23-27-18)10-13-26-2/h5-7,16H,3-4,8-13H2,1-2H3,(H,20,25). The van der Waals surface area contributed by atoms with E-state index in [0.29, 0.717) is 44.3 Å². The lowest BCUT2D eigenvalue weighted by Gasteiger charge is -2.33. The van der Waals surface area contributed by atoms with Gasteiger partial charge in [-0.05, 0) is 38.3 Å². The molecule has 1 unspecified atom stereocenters. The zero-order valence-corrected chi connectivity index (χ0v) is 16.0. The van der Waals surface area contributed by atoms with Crippen molar-refractivity contribution in [2.45, 2.75) is 45.1 Å². The van der Waals surface area contributed by atoms with E-state index in [1.165, 1.54) is 0 Å². The molecule has 1 saturated heterocycles. The number of nitrogens with zero attached hydrogens (tertiary/aromatic N) is 4. The molecule has 1 fully saturated rings. The van der Waals surface area contributed by atoms with Gasteiger partial charge < -0.3 is 19.5 Å². The third-order valence-corrected chi connectivity index (χ3v) is 4.67. The quantitative estimate of drug-likeness (QED) is 0.801. The first-order valence-corrected chi connectivity index (χ1v) is 9.46. The average Bonchev–Trinajstić information content (AvgIpc) is 3.15. The molecular weight excluding hydrogens is 346 g/mol. The number of likely N-dealkylation sites (tertiary alicyclic amines) is 1. The fourth-order valence-corrected chi connectivity index (χ4v) is 3.27. The van der Waals surface area contributed by atoms with E-state index in [1.807, 2.05) is 25.1 Å². The number of hydrogen-bond donors (Lipinski definition) is 1. The summed E-state index contributed by atoms with van der Waals surface area (Å²) in [5.74, 6) is 1.12. The van der Waals surface area contributed by atoms with Crippen LogP contribution in [0.25, 0.3) is 0 Å². The lowest BCUT2D eigenvalue weighted by atomic mass is 10.0. The van der Waals surface area contributed by atoms with Crippen LogP contribution < -0.4 is 5.32 Å². The molecule has 0 bridgehead atoms. The molecule has 0 saturated carbocycles. The Bertz CT molecular complexity index is 748. The van der Waals surface area contributed by atoms with Crippen LogP contribution in [0.1, 0.15) is 48.4 Å². The zero-order valence-electron chi connectivity index (χ0n) is 16.0. The van der Waals surface area contributed by atoms with Crippen molar-refractivity contribution in [3.8, 4) is 0 Å². The molecule has 8 nitrogen and oxygen atoms in total. The Morgan fingerprint density at radius 1 is 1.33 bits per heavy atom. The summed E-state index contributed by atoms with van der Waals surface area (Å²) in [5, 5.41) is 7.00. The summed E-state index contributed by atoms with van der Waals surface area (Å²) >= 11 is 0. The summed E-state index contributed by atoms with van der Waals surface area (Å²) in [6, 6.07) is 5.66. The van der Waals surface area contributed by atoms with Crippen LogP contribution in [0.5, 0.6) is 0 Å². The van der Waals surface area contributed by atoms with Gasteiger partial charge in [-0.1, -0.05) is 11.2 Å². The number of ether oxygens (including phenoxy) is 1. The number of amides is 2. The molecule has 0 aromatic carbocycles. The average molecular weight is 373 g/mol. The fraction of sp³-hybridized carbons (Fsp3) is 0.579. The number of hydrogen-bond acceptors (Lipinski definition) is 6. The van der Waals surface area contributed by atoms with Crippen LogP contribution in [0.3, 0.4) is 0 Å². The van der Waals surface area contributed by atoms with Gasteiger partial charge in [-0.25, -0.2) is 4.79 Å². The van der Waals surface area contributed by atoms with E-state index in [2.05, 4.69) is 20.4 Å². The highest BCUT2D eigenvalue weighted by Crippen LogP contribution is 2.29. The Kier molecular flexibility index (Phi) is 6.75. The molecule has 1 N–H and O–H groups in total. The van der Waals surface area contributed by atoms with Gasteiger partial charge in [0, 0.05) is 44.4 Å². The largest absolute Gasteiger partial charge is 0.384 e. The fourth-order valence-electron chi connectivity index (χ4n) is 3.27. The highest BCUT2D eigenvalue weighted by Gasteiger charge is 2.32. The molecular formula is C19H27N5O3. The molecule has 0 aliphatic carbocycles. The predicted molar refractivity (Wildman–Crippen MR) is 99.3 cm³/mol. The van der Waals surface area contributed by atoms with Crippen LogP contribution in [0.15, 0.2) is 22.7 Å². The van der Waals surface area contributed by atoms with Gasteiger partial charge in [-0.2, -0.15) is 4.98 Å². The van der Waals surface area contributed by atoms with Gasteiger partial charge in [0.1, 0.15) is 6.04 Å². The maximum absolute atomic E-state index is 12.7. The van der Waals surface area contributed by atoms with Gasteiger partial charge in [0.2, 0.25) is 5.89 Å². The van der Waals surface area contributed by atoms with Crippen LogP contribution in [-0.4, -0.2) is 52.9 Å². The van der Waals surface area contributed by atoms with E-state index in [9.17, 15) is 4.79 Å². The van der Waals surface area contributed by atoms with E-state index in [4.69, 9.17) is 9.26 Å².